The molecule has 1 N–H and O–H groups in total. The molecule has 34 heavy (non-hydrogen) atoms. The van der Waals surface area contributed by atoms with E-state index in [1.54, 1.807) is 6.20 Å². The van der Waals surface area contributed by atoms with Crippen LogP contribution in [0, 0.1) is 0 Å². The van der Waals surface area contributed by atoms with Crippen molar-refractivity contribution in [2.45, 2.75) is 39.3 Å². The zero-order chi connectivity index (χ0) is 25.0. The molecular formula is C23H20BrClF3N3O3. The van der Waals surface area contributed by atoms with E-state index in [1.807, 2.05) is 31.2 Å². The van der Waals surface area contributed by atoms with Crippen LogP contribution in [0.4, 0.5) is 13.2 Å². The molecule has 0 unspecified atom stereocenters. The lowest BCUT2D eigenvalue weighted by molar-refractivity contribution is -0.192. The first-order chi connectivity index (χ1) is 16.1. The summed E-state index contributed by atoms with van der Waals surface area (Å²) >= 11 is 10.0. The Morgan fingerprint density at radius 3 is 2.56 bits per heavy atom. The molecule has 0 spiro atoms. The zero-order valence-electron chi connectivity index (χ0n) is 18.2. The third-order valence-electron chi connectivity index (χ3n) is 5.02. The van der Waals surface area contributed by atoms with E-state index in [-0.39, 0.29) is 0 Å². The van der Waals surface area contributed by atoms with Gasteiger partial charge in [-0.2, -0.15) is 18.2 Å². The summed E-state index contributed by atoms with van der Waals surface area (Å²) in [4.78, 5) is 22.9. The van der Waals surface area contributed by atoms with Crippen LogP contribution < -0.4 is 4.74 Å². The quantitative estimate of drug-likeness (QED) is 0.392. The number of hydrogen-bond acceptors (Lipinski definition) is 5. The lowest BCUT2D eigenvalue weighted by atomic mass is 10.0. The number of ether oxygens (including phenoxy) is 1. The molecule has 1 aliphatic rings. The first-order valence-electron chi connectivity index (χ1n) is 10.3. The minimum absolute atomic E-state index is 0.568. The van der Waals surface area contributed by atoms with Gasteiger partial charge in [0.15, 0.2) is 0 Å². The number of carboxylic acid groups (broad SMARTS) is 1. The fourth-order valence-corrected chi connectivity index (χ4v) is 4.49. The average molecular weight is 559 g/mol. The number of fused-ring (bicyclic) bond motifs is 2. The predicted octanol–water partition coefficient (Wildman–Crippen LogP) is 6.37. The van der Waals surface area contributed by atoms with E-state index in [0.717, 1.165) is 50.9 Å². The Morgan fingerprint density at radius 2 is 1.94 bits per heavy atom. The van der Waals surface area contributed by atoms with E-state index < -0.39 is 12.1 Å². The molecule has 0 bridgehead atoms. The fraction of sp³-hybridized carbons (Fsp3) is 0.304. The van der Waals surface area contributed by atoms with Crippen molar-refractivity contribution in [1.29, 1.82) is 0 Å². The minimum Gasteiger partial charge on any atom is -0.477 e. The molecule has 2 aromatic heterocycles. The highest BCUT2D eigenvalue weighted by molar-refractivity contribution is 9.15. The maximum absolute atomic E-state index is 10.6. The van der Waals surface area contributed by atoms with E-state index in [9.17, 15) is 13.2 Å². The normalized spacial score (nSPS) is 12.9. The number of allylic oxidation sites excluding steroid dienone is 1. The largest absolute Gasteiger partial charge is 0.490 e. The van der Waals surface area contributed by atoms with Crippen molar-refractivity contribution < 1.29 is 27.8 Å². The topological polar surface area (TPSA) is 85.2 Å². The Bertz CT molecular complexity index is 1270. The molecule has 0 saturated carbocycles. The Kier molecular flexibility index (Phi) is 8.14. The first kappa shape index (κ1) is 25.9. The standard InChI is InChI=1S/C21H19BrClN3O.C2HF3O2/c1-3-12-10-16-18(19(12)22)21(27-4-2)26-17(25-16)11-13-7-8-15(23)20-14(13)6-5-9-24-20;3-2(4,5)1(6)7/h5-9H,3-4,10-11H2,1-2H3;(H,6,7). The predicted molar refractivity (Wildman–Crippen MR) is 126 cm³/mol. The van der Waals surface area contributed by atoms with Crippen LogP contribution in [0.5, 0.6) is 5.88 Å². The summed E-state index contributed by atoms with van der Waals surface area (Å²) in [6, 6.07) is 7.87. The fourth-order valence-electron chi connectivity index (χ4n) is 3.46. The van der Waals surface area contributed by atoms with E-state index in [0.29, 0.717) is 23.9 Å². The second kappa shape index (κ2) is 10.7. The Balaban J connectivity index is 0.000000406. The van der Waals surface area contributed by atoms with E-state index in [4.69, 9.17) is 36.2 Å². The van der Waals surface area contributed by atoms with Gasteiger partial charge in [0, 0.05) is 28.9 Å². The second-order valence-corrected chi connectivity index (χ2v) is 8.43. The van der Waals surface area contributed by atoms with Gasteiger partial charge >= 0.3 is 12.1 Å². The first-order valence-corrected chi connectivity index (χ1v) is 11.5. The Hall–Kier alpha value is -2.72. The number of halogens is 5. The molecular weight excluding hydrogens is 539 g/mol. The van der Waals surface area contributed by atoms with Crippen molar-refractivity contribution >= 4 is 48.9 Å². The van der Waals surface area contributed by atoms with Crippen LogP contribution in [0.1, 0.15) is 42.9 Å². The highest BCUT2D eigenvalue weighted by Crippen LogP contribution is 2.42. The number of aliphatic carboxylic acids is 1. The molecule has 11 heteroatoms. The molecule has 4 rings (SSSR count). The van der Waals surface area contributed by atoms with Gasteiger partial charge in [0.1, 0.15) is 5.82 Å². The number of nitrogens with zero attached hydrogens (tertiary/aromatic N) is 3. The Labute approximate surface area is 207 Å². The van der Waals surface area contributed by atoms with E-state index in [1.165, 1.54) is 5.57 Å². The van der Waals surface area contributed by atoms with Crippen LogP contribution in [-0.4, -0.2) is 38.8 Å². The van der Waals surface area contributed by atoms with Crippen molar-refractivity contribution in [2.75, 3.05) is 6.61 Å². The summed E-state index contributed by atoms with van der Waals surface area (Å²) in [7, 11) is 0. The van der Waals surface area contributed by atoms with Crippen molar-refractivity contribution in [3.63, 3.8) is 0 Å². The molecule has 180 valence electrons. The minimum atomic E-state index is -5.08. The summed E-state index contributed by atoms with van der Waals surface area (Å²) in [6.45, 7) is 4.70. The van der Waals surface area contributed by atoms with Gasteiger partial charge in [-0.15, -0.1) is 0 Å². The molecule has 0 fully saturated rings. The van der Waals surface area contributed by atoms with Gasteiger partial charge in [-0.3, -0.25) is 4.98 Å². The van der Waals surface area contributed by atoms with E-state index >= 15 is 0 Å². The number of carbonyl (C=O) groups is 1. The molecule has 0 amide bonds. The third kappa shape index (κ3) is 5.67. The van der Waals surface area contributed by atoms with Gasteiger partial charge < -0.3 is 9.84 Å². The van der Waals surface area contributed by atoms with Crippen LogP contribution in [-0.2, 0) is 17.6 Å². The molecule has 0 radical (unpaired) electrons. The number of pyridine rings is 1. The van der Waals surface area contributed by atoms with Gasteiger partial charge in [-0.1, -0.05) is 30.7 Å². The lowest BCUT2D eigenvalue weighted by Gasteiger charge is -2.12. The highest BCUT2D eigenvalue weighted by Gasteiger charge is 2.38. The van der Waals surface area contributed by atoms with Crippen molar-refractivity contribution in [2.24, 2.45) is 0 Å². The van der Waals surface area contributed by atoms with Gasteiger partial charge in [0.25, 0.3) is 0 Å². The molecule has 0 aliphatic heterocycles. The zero-order valence-corrected chi connectivity index (χ0v) is 20.6. The smallest absolute Gasteiger partial charge is 0.477 e. The monoisotopic (exact) mass is 557 g/mol. The SMILES string of the molecule is CCOc1nc(Cc2ccc(Cl)c3ncccc23)nc2c1C(Br)=C(CC)C2.O=C(O)C(F)(F)F. The van der Waals surface area contributed by atoms with Gasteiger partial charge in [0.2, 0.25) is 5.88 Å². The molecule has 1 aromatic carbocycles. The highest BCUT2D eigenvalue weighted by atomic mass is 79.9. The molecule has 0 atom stereocenters. The van der Waals surface area contributed by atoms with Gasteiger partial charge in [-0.05, 0) is 52.5 Å². The van der Waals surface area contributed by atoms with Crippen LogP contribution in [0.3, 0.4) is 0 Å². The summed E-state index contributed by atoms with van der Waals surface area (Å²) in [5.74, 6) is -1.35. The van der Waals surface area contributed by atoms with Crippen LogP contribution in [0.15, 0.2) is 36.0 Å². The molecule has 2 heterocycles. The third-order valence-corrected chi connectivity index (χ3v) is 6.28. The summed E-state index contributed by atoms with van der Waals surface area (Å²) in [6.07, 6.45) is -0.908. The van der Waals surface area contributed by atoms with Crippen LogP contribution >= 0.6 is 27.5 Å². The molecule has 3 aromatic rings. The number of benzene rings is 1. The summed E-state index contributed by atoms with van der Waals surface area (Å²) in [5.41, 5.74) is 5.27. The molecule has 6 nitrogen and oxygen atoms in total. The maximum Gasteiger partial charge on any atom is 0.490 e. The van der Waals surface area contributed by atoms with Crippen molar-refractivity contribution in [3.8, 4) is 5.88 Å². The van der Waals surface area contributed by atoms with Crippen molar-refractivity contribution in [3.05, 3.63) is 63.7 Å². The van der Waals surface area contributed by atoms with E-state index in [2.05, 4.69) is 27.8 Å². The number of alkyl halides is 3. The lowest BCUT2D eigenvalue weighted by Crippen LogP contribution is -2.21. The Morgan fingerprint density at radius 1 is 1.24 bits per heavy atom. The molecule has 0 saturated heterocycles. The van der Waals surface area contributed by atoms with Crippen LogP contribution in [0.2, 0.25) is 5.02 Å². The second-order valence-electron chi connectivity index (χ2n) is 7.23. The summed E-state index contributed by atoms with van der Waals surface area (Å²) < 4.78 is 38.7. The van der Waals surface area contributed by atoms with Crippen molar-refractivity contribution in [1.82, 2.24) is 15.0 Å². The van der Waals surface area contributed by atoms with Gasteiger partial charge in [0.05, 0.1) is 28.4 Å². The molecule has 1 aliphatic carbocycles. The van der Waals surface area contributed by atoms with Crippen LogP contribution in [0.25, 0.3) is 15.4 Å². The number of hydrogen-bond donors (Lipinski definition) is 1. The maximum atomic E-state index is 10.6. The number of carboxylic acids is 1. The van der Waals surface area contributed by atoms with Gasteiger partial charge in [-0.25, -0.2) is 9.78 Å². The number of aromatic nitrogens is 3. The average Bonchev–Trinajstić information content (AvgIpc) is 3.11. The number of rotatable bonds is 5. The summed E-state index contributed by atoms with van der Waals surface area (Å²) in [5, 5.41) is 8.81.